The monoisotopic (exact) mass is 239 g/mol. The number of nitrogens with zero attached hydrogens (tertiary/aromatic N) is 2. The Morgan fingerprint density at radius 2 is 2.20 bits per heavy atom. The number of aryl methyl sites for hydroxylation is 1. The highest BCUT2D eigenvalue weighted by Crippen LogP contribution is 2.27. The number of halogens is 1. The van der Waals surface area contributed by atoms with Crippen LogP contribution in [-0.4, -0.2) is 9.97 Å². The first-order valence-corrected chi connectivity index (χ1v) is 5.82. The molecule has 0 saturated heterocycles. The fraction of sp³-hybridized carbons (Fsp3) is 0.200. The number of nitrogens with two attached hydrogens (primary N) is 1. The largest absolute Gasteiger partial charge is 0.384 e. The molecule has 0 aliphatic rings. The van der Waals surface area contributed by atoms with Gasteiger partial charge in [0.25, 0.3) is 0 Å². The van der Waals surface area contributed by atoms with Crippen LogP contribution in [0.3, 0.4) is 0 Å². The Hall–Kier alpha value is -1.13. The number of nitrogen functional groups attached to an aromatic ring is 1. The van der Waals surface area contributed by atoms with E-state index in [-0.39, 0.29) is 0 Å². The summed E-state index contributed by atoms with van der Waals surface area (Å²) in [6.45, 7) is 2.03. The minimum absolute atomic E-state index is 0.501. The van der Waals surface area contributed by atoms with Crippen LogP contribution in [0, 0.1) is 0 Å². The Bertz CT molecular complexity index is 481. The van der Waals surface area contributed by atoms with E-state index in [4.69, 9.17) is 17.3 Å². The van der Waals surface area contributed by atoms with Crippen molar-refractivity contribution in [1.82, 2.24) is 9.97 Å². The van der Waals surface area contributed by atoms with Crippen molar-refractivity contribution in [3.63, 3.8) is 0 Å². The van der Waals surface area contributed by atoms with Gasteiger partial charge in [0.2, 0.25) is 0 Å². The van der Waals surface area contributed by atoms with E-state index in [9.17, 15) is 0 Å². The molecule has 0 amide bonds. The number of hydrogen-bond acceptors (Lipinski definition) is 4. The molecule has 2 heterocycles. The summed E-state index contributed by atoms with van der Waals surface area (Å²) in [7, 11) is 0. The van der Waals surface area contributed by atoms with Gasteiger partial charge in [-0.3, -0.25) is 0 Å². The average Bonchev–Trinajstić information content (AvgIpc) is 2.64. The maximum absolute atomic E-state index is 5.85. The molecule has 0 atom stereocenters. The third kappa shape index (κ3) is 2.27. The van der Waals surface area contributed by atoms with Gasteiger partial charge in [-0.15, -0.1) is 11.3 Å². The number of rotatable bonds is 2. The lowest BCUT2D eigenvalue weighted by atomic mass is 10.3. The van der Waals surface area contributed by atoms with Crippen LogP contribution in [0.2, 0.25) is 5.02 Å². The molecule has 0 aromatic carbocycles. The second-order valence-electron chi connectivity index (χ2n) is 3.09. The Kier molecular flexibility index (Phi) is 2.88. The molecule has 0 radical (unpaired) electrons. The molecule has 2 aromatic heterocycles. The van der Waals surface area contributed by atoms with Gasteiger partial charge in [-0.05, 0) is 12.5 Å². The van der Waals surface area contributed by atoms with Crippen molar-refractivity contribution in [3.8, 4) is 10.7 Å². The van der Waals surface area contributed by atoms with E-state index in [0.29, 0.717) is 16.7 Å². The van der Waals surface area contributed by atoms with E-state index in [2.05, 4.69) is 9.97 Å². The van der Waals surface area contributed by atoms with Crippen LogP contribution >= 0.6 is 22.9 Å². The van der Waals surface area contributed by atoms with Gasteiger partial charge in [-0.2, -0.15) is 0 Å². The topological polar surface area (TPSA) is 51.8 Å². The quantitative estimate of drug-likeness (QED) is 0.877. The number of thiophene rings is 1. The molecular weight excluding hydrogens is 230 g/mol. The summed E-state index contributed by atoms with van der Waals surface area (Å²) in [5.41, 5.74) is 6.65. The third-order valence-electron chi connectivity index (χ3n) is 1.95. The van der Waals surface area contributed by atoms with E-state index >= 15 is 0 Å². The van der Waals surface area contributed by atoms with Crippen LogP contribution in [-0.2, 0) is 6.42 Å². The zero-order valence-corrected chi connectivity index (χ0v) is 9.77. The SMILES string of the molecule is CCc1cc(N)nc(-c2cc(Cl)cs2)n1. The highest BCUT2D eigenvalue weighted by molar-refractivity contribution is 7.14. The molecule has 2 aromatic rings. The molecular formula is C10H10ClN3S. The summed E-state index contributed by atoms with van der Waals surface area (Å²) in [6.07, 6.45) is 0.846. The second kappa shape index (κ2) is 4.16. The summed E-state index contributed by atoms with van der Waals surface area (Å²) >= 11 is 7.37. The van der Waals surface area contributed by atoms with Crippen molar-refractivity contribution in [2.75, 3.05) is 5.73 Å². The van der Waals surface area contributed by atoms with Gasteiger partial charge in [0.15, 0.2) is 5.82 Å². The summed E-state index contributed by atoms with van der Waals surface area (Å²) in [4.78, 5) is 9.53. The molecule has 0 spiro atoms. The molecule has 5 heteroatoms. The number of aromatic nitrogens is 2. The van der Waals surface area contributed by atoms with E-state index in [1.54, 1.807) is 6.07 Å². The normalized spacial score (nSPS) is 10.5. The Morgan fingerprint density at radius 1 is 1.40 bits per heavy atom. The lowest BCUT2D eigenvalue weighted by molar-refractivity contribution is 1.01. The van der Waals surface area contributed by atoms with E-state index < -0.39 is 0 Å². The van der Waals surface area contributed by atoms with E-state index in [1.807, 2.05) is 18.4 Å². The Labute approximate surface area is 96.9 Å². The minimum Gasteiger partial charge on any atom is -0.384 e. The molecule has 3 nitrogen and oxygen atoms in total. The molecule has 2 rings (SSSR count). The number of hydrogen-bond donors (Lipinski definition) is 1. The van der Waals surface area contributed by atoms with Crippen LogP contribution in [0.25, 0.3) is 10.7 Å². The van der Waals surface area contributed by atoms with E-state index in [0.717, 1.165) is 17.0 Å². The predicted octanol–water partition coefficient (Wildman–Crippen LogP) is 3.00. The molecule has 0 saturated carbocycles. The smallest absolute Gasteiger partial charge is 0.171 e. The van der Waals surface area contributed by atoms with Gasteiger partial charge >= 0.3 is 0 Å². The van der Waals surface area contributed by atoms with Crippen molar-refractivity contribution in [3.05, 3.63) is 28.2 Å². The highest BCUT2D eigenvalue weighted by atomic mass is 35.5. The summed E-state index contributed by atoms with van der Waals surface area (Å²) in [6, 6.07) is 3.64. The van der Waals surface area contributed by atoms with Gasteiger partial charge in [0, 0.05) is 17.1 Å². The van der Waals surface area contributed by atoms with Gasteiger partial charge in [-0.25, -0.2) is 9.97 Å². The fourth-order valence-corrected chi connectivity index (χ4v) is 2.25. The summed E-state index contributed by atoms with van der Waals surface area (Å²) in [5, 5.41) is 2.56. The summed E-state index contributed by atoms with van der Waals surface area (Å²) in [5.74, 6) is 1.16. The molecule has 0 fully saturated rings. The molecule has 2 N–H and O–H groups in total. The lowest BCUT2D eigenvalue weighted by Crippen LogP contribution is -1.98. The molecule has 78 valence electrons. The molecule has 0 aliphatic carbocycles. The molecule has 0 unspecified atom stereocenters. The predicted molar refractivity (Wildman–Crippen MR) is 64.1 cm³/mol. The van der Waals surface area contributed by atoms with Gasteiger partial charge in [0.1, 0.15) is 5.82 Å². The third-order valence-corrected chi connectivity index (χ3v) is 3.22. The Morgan fingerprint density at radius 3 is 2.80 bits per heavy atom. The van der Waals surface area contributed by atoms with Crippen molar-refractivity contribution >= 4 is 28.8 Å². The minimum atomic E-state index is 0.501. The van der Waals surface area contributed by atoms with Crippen molar-refractivity contribution in [1.29, 1.82) is 0 Å². The van der Waals surface area contributed by atoms with Gasteiger partial charge < -0.3 is 5.73 Å². The maximum Gasteiger partial charge on any atom is 0.171 e. The second-order valence-corrected chi connectivity index (χ2v) is 4.44. The van der Waals surface area contributed by atoms with Gasteiger partial charge in [0.05, 0.1) is 9.90 Å². The molecule has 0 aliphatic heterocycles. The van der Waals surface area contributed by atoms with Crippen molar-refractivity contribution in [2.45, 2.75) is 13.3 Å². The first-order chi connectivity index (χ1) is 7.19. The van der Waals surface area contributed by atoms with Gasteiger partial charge in [-0.1, -0.05) is 18.5 Å². The molecule has 0 bridgehead atoms. The van der Waals surface area contributed by atoms with E-state index in [1.165, 1.54) is 11.3 Å². The summed E-state index contributed by atoms with van der Waals surface area (Å²) < 4.78 is 0. The Balaban J connectivity index is 2.48. The van der Waals surface area contributed by atoms with Crippen LogP contribution < -0.4 is 5.73 Å². The maximum atomic E-state index is 5.85. The molecule has 15 heavy (non-hydrogen) atoms. The zero-order valence-electron chi connectivity index (χ0n) is 8.20. The first-order valence-electron chi connectivity index (χ1n) is 4.57. The first kappa shape index (κ1) is 10.4. The van der Waals surface area contributed by atoms with Crippen LogP contribution in [0.4, 0.5) is 5.82 Å². The highest BCUT2D eigenvalue weighted by Gasteiger charge is 2.06. The average molecular weight is 240 g/mol. The standard InChI is InChI=1S/C10H10ClN3S/c1-2-7-4-9(12)14-10(13-7)8-3-6(11)5-15-8/h3-5H,2H2,1H3,(H2,12,13,14). The lowest BCUT2D eigenvalue weighted by Gasteiger charge is -2.01. The van der Waals surface area contributed by atoms with Crippen LogP contribution in [0.1, 0.15) is 12.6 Å². The van der Waals surface area contributed by atoms with Crippen LogP contribution in [0.5, 0.6) is 0 Å². The zero-order chi connectivity index (χ0) is 10.8. The van der Waals surface area contributed by atoms with Crippen molar-refractivity contribution in [2.24, 2.45) is 0 Å². The number of anilines is 1. The fourth-order valence-electron chi connectivity index (χ4n) is 1.24. The van der Waals surface area contributed by atoms with Crippen molar-refractivity contribution < 1.29 is 0 Å². The van der Waals surface area contributed by atoms with Crippen LogP contribution in [0.15, 0.2) is 17.5 Å².